The number of ether oxygens (including phenoxy) is 1. The summed E-state index contributed by atoms with van der Waals surface area (Å²) in [4.78, 5) is 28.4. The first-order valence-corrected chi connectivity index (χ1v) is 11.4. The molecule has 0 bridgehead atoms. The van der Waals surface area contributed by atoms with Crippen LogP contribution in [0.5, 0.6) is 11.5 Å². The lowest BCUT2D eigenvalue weighted by Gasteiger charge is -2.26. The Morgan fingerprint density at radius 1 is 1.08 bits per heavy atom. The van der Waals surface area contributed by atoms with Crippen LogP contribution in [-0.4, -0.2) is 18.1 Å². The zero-order valence-corrected chi connectivity index (χ0v) is 20.4. The summed E-state index contributed by atoms with van der Waals surface area (Å²) in [6, 6.07) is 11.0. The van der Waals surface area contributed by atoms with E-state index in [1.54, 1.807) is 25.1 Å². The Morgan fingerprint density at radius 2 is 1.83 bits per heavy atom. The number of phenolic OH excluding ortho intramolecular Hbond substituents is 1. The second-order valence-electron chi connectivity index (χ2n) is 8.35. The van der Waals surface area contributed by atoms with Gasteiger partial charge in [0.25, 0.3) is 5.91 Å². The molecule has 5 rings (SSSR count). The summed E-state index contributed by atoms with van der Waals surface area (Å²) in [6.45, 7) is 1.80. The maximum Gasteiger partial charge on any atom is 0.416 e. The van der Waals surface area contributed by atoms with Gasteiger partial charge in [0.15, 0.2) is 16.9 Å². The van der Waals surface area contributed by atoms with E-state index < -0.39 is 29.1 Å². The molecular formula is C26H17BrF3NO5. The monoisotopic (exact) mass is 559 g/mol. The number of halogens is 4. The molecule has 184 valence electrons. The molecule has 0 fully saturated rings. The molecule has 1 aromatic heterocycles. The van der Waals surface area contributed by atoms with Gasteiger partial charge in [-0.3, -0.25) is 14.5 Å². The van der Waals surface area contributed by atoms with E-state index in [1.165, 1.54) is 31.4 Å². The van der Waals surface area contributed by atoms with E-state index in [0.29, 0.717) is 5.56 Å². The lowest BCUT2D eigenvalue weighted by atomic mass is 9.97. The van der Waals surface area contributed by atoms with Crippen molar-refractivity contribution in [2.24, 2.45) is 0 Å². The van der Waals surface area contributed by atoms with Gasteiger partial charge in [0, 0.05) is 5.69 Å². The second kappa shape index (κ2) is 8.41. The van der Waals surface area contributed by atoms with Crippen molar-refractivity contribution in [1.29, 1.82) is 0 Å². The molecule has 1 unspecified atom stereocenters. The van der Waals surface area contributed by atoms with Crippen molar-refractivity contribution in [3.8, 4) is 11.5 Å². The smallest absolute Gasteiger partial charge is 0.416 e. The summed E-state index contributed by atoms with van der Waals surface area (Å²) in [5.41, 5.74) is -0.228. The summed E-state index contributed by atoms with van der Waals surface area (Å²) in [6.07, 6.45) is -4.65. The van der Waals surface area contributed by atoms with Gasteiger partial charge in [0.1, 0.15) is 5.58 Å². The third-order valence-corrected chi connectivity index (χ3v) is 6.67. The Kier molecular flexibility index (Phi) is 5.59. The molecule has 1 aliphatic heterocycles. The van der Waals surface area contributed by atoms with Crippen molar-refractivity contribution < 1.29 is 32.2 Å². The fourth-order valence-electron chi connectivity index (χ4n) is 4.41. The van der Waals surface area contributed by atoms with Crippen LogP contribution in [0.2, 0.25) is 0 Å². The Balaban J connectivity index is 1.83. The summed E-state index contributed by atoms with van der Waals surface area (Å²) in [5.74, 6) is -1.19. The first kappa shape index (κ1) is 23.9. The molecule has 1 N–H and O–H groups in total. The lowest BCUT2D eigenvalue weighted by Crippen LogP contribution is -2.29. The molecule has 0 saturated heterocycles. The van der Waals surface area contributed by atoms with Crippen LogP contribution < -0.4 is 15.1 Å². The van der Waals surface area contributed by atoms with E-state index in [9.17, 15) is 27.9 Å². The Morgan fingerprint density at radius 3 is 2.53 bits per heavy atom. The van der Waals surface area contributed by atoms with Gasteiger partial charge < -0.3 is 14.3 Å². The topological polar surface area (TPSA) is 80.0 Å². The van der Waals surface area contributed by atoms with Crippen LogP contribution in [-0.2, 0) is 6.18 Å². The number of alkyl halides is 3. The van der Waals surface area contributed by atoms with Gasteiger partial charge in [-0.1, -0.05) is 17.7 Å². The van der Waals surface area contributed by atoms with Crippen LogP contribution >= 0.6 is 15.9 Å². The summed E-state index contributed by atoms with van der Waals surface area (Å²) < 4.78 is 51.8. The van der Waals surface area contributed by atoms with Gasteiger partial charge in [-0.2, -0.15) is 13.2 Å². The van der Waals surface area contributed by atoms with Gasteiger partial charge in [-0.05, 0) is 70.9 Å². The predicted molar refractivity (Wildman–Crippen MR) is 130 cm³/mol. The third kappa shape index (κ3) is 3.72. The number of hydrogen-bond acceptors (Lipinski definition) is 5. The summed E-state index contributed by atoms with van der Waals surface area (Å²) >= 11 is 3.24. The normalized spacial score (nSPS) is 15.4. The molecule has 0 aliphatic carbocycles. The van der Waals surface area contributed by atoms with Crippen LogP contribution in [0.4, 0.5) is 18.9 Å². The Labute approximate surface area is 210 Å². The number of aromatic hydroxyl groups is 1. The fourth-order valence-corrected chi connectivity index (χ4v) is 4.87. The molecular weight excluding hydrogens is 543 g/mol. The number of anilines is 1. The van der Waals surface area contributed by atoms with Crippen LogP contribution in [0.15, 0.2) is 68.3 Å². The lowest BCUT2D eigenvalue weighted by molar-refractivity contribution is -0.137. The number of carbonyl (C=O) groups excluding carboxylic acids is 1. The maximum absolute atomic E-state index is 13.7. The second-order valence-corrected chi connectivity index (χ2v) is 9.21. The number of carbonyl (C=O) groups is 1. The van der Waals surface area contributed by atoms with Crippen LogP contribution in [0.25, 0.3) is 11.0 Å². The van der Waals surface area contributed by atoms with Crippen molar-refractivity contribution in [1.82, 2.24) is 0 Å². The number of aryl methyl sites for hydroxylation is 1. The highest BCUT2D eigenvalue weighted by atomic mass is 79.9. The zero-order chi connectivity index (χ0) is 25.9. The highest BCUT2D eigenvalue weighted by Crippen LogP contribution is 2.46. The van der Waals surface area contributed by atoms with Crippen LogP contribution in [0.1, 0.15) is 38.9 Å². The molecule has 36 heavy (non-hydrogen) atoms. The number of phenols is 1. The van der Waals surface area contributed by atoms with Gasteiger partial charge in [-0.25, -0.2) is 0 Å². The highest BCUT2D eigenvalue weighted by molar-refractivity contribution is 9.10. The molecule has 1 aliphatic rings. The molecule has 0 saturated carbocycles. The van der Waals surface area contributed by atoms with E-state index in [-0.39, 0.29) is 44.0 Å². The number of nitrogens with zero attached hydrogens (tertiary/aromatic N) is 1. The largest absolute Gasteiger partial charge is 0.503 e. The average molecular weight is 560 g/mol. The van der Waals surface area contributed by atoms with Crippen molar-refractivity contribution in [3.05, 3.63) is 97.3 Å². The minimum Gasteiger partial charge on any atom is -0.503 e. The molecule has 1 amide bonds. The molecule has 1 atom stereocenters. The van der Waals surface area contributed by atoms with Gasteiger partial charge in [0.2, 0.25) is 5.76 Å². The molecule has 6 nitrogen and oxygen atoms in total. The van der Waals surface area contributed by atoms with Crippen LogP contribution in [0.3, 0.4) is 0 Å². The van der Waals surface area contributed by atoms with Crippen molar-refractivity contribution in [2.45, 2.75) is 19.1 Å². The predicted octanol–water partition coefficient (Wildman–Crippen LogP) is 6.35. The SMILES string of the molecule is COc1cc(C2c3c(oc4ccc(C)cc4c3=O)C(=O)N2c2cccc(C(F)(F)F)c2)cc(Br)c1O. The number of hydrogen-bond donors (Lipinski definition) is 1. The first-order valence-electron chi connectivity index (χ1n) is 10.7. The molecule has 3 aromatic carbocycles. The maximum atomic E-state index is 13.7. The van der Waals surface area contributed by atoms with E-state index in [0.717, 1.165) is 22.6 Å². The van der Waals surface area contributed by atoms with E-state index in [4.69, 9.17) is 9.15 Å². The third-order valence-electron chi connectivity index (χ3n) is 6.06. The minimum atomic E-state index is -4.65. The number of benzene rings is 3. The molecule has 4 aromatic rings. The number of methoxy groups -OCH3 is 1. The van der Waals surface area contributed by atoms with Gasteiger partial charge in [0.05, 0.1) is 34.1 Å². The van der Waals surface area contributed by atoms with Gasteiger partial charge >= 0.3 is 6.18 Å². The summed E-state index contributed by atoms with van der Waals surface area (Å²) in [5, 5.41) is 10.5. The molecule has 0 spiro atoms. The number of amides is 1. The number of rotatable bonds is 3. The summed E-state index contributed by atoms with van der Waals surface area (Å²) in [7, 11) is 1.33. The zero-order valence-electron chi connectivity index (χ0n) is 18.8. The Hall–Kier alpha value is -3.79. The van der Waals surface area contributed by atoms with Crippen LogP contribution in [0, 0.1) is 6.92 Å². The van der Waals surface area contributed by atoms with E-state index in [1.807, 2.05) is 0 Å². The Bertz CT molecular complexity index is 1610. The fraction of sp³-hybridized carbons (Fsp3) is 0.154. The van der Waals surface area contributed by atoms with Gasteiger partial charge in [-0.15, -0.1) is 0 Å². The molecule has 0 radical (unpaired) electrons. The standard InChI is InChI=1S/C26H17BrF3NO5/c1-12-6-7-18-16(8-12)22(32)20-21(13-9-17(27)23(33)19(10-13)35-2)31(25(34)24(20)36-18)15-5-3-4-14(11-15)26(28,29)30/h3-11,21,33H,1-2H3. The quantitative estimate of drug-likeness (QED) is 0.316. The van der Waals surface area contributed by atoms with Crippen molar-refractivity contribution in [2.75, 3.05) is 12.0 Å². The van der Waals surface area contributed by atoms with E-state index in [2.05, 4.69) is 15.9 Å². The number of fused-ring (bicyclic) bond motifs is 2. The molecule has 2 heterocycles. The van der Waals surface area contributed by atoms with Crippen molar-refractivity contribution >= 4 is 38.5 Å². The first-order chi connectivity index (χ1) is 17.0. The van der Waals surface area contributed by atoms with Crippen molar-refractivity contribution in [3.63, 3.8) is 0 Å². The minimum absolute atomic E-state index is 0.0184. The van der Waals surface area contributed by atoms with E-state index >= 15 is 0 Å². The average Bonchev–Trinajstić information content (AvgIpc) is 3.13. The molecule has 10 heteroatoms. The highest BCUT2D eigenvalue weighted by Gasteiger charge is 2.44.